The van der Waals surface area contributed by atoms with Crippen molar-refractivity contribution in [3.05, 3.63) is 40.2 Å². The minimum Gasteiger partial charge on any atom is -0.496 e. The average molecular weight is 488 g/mol. The van der Waals surface area contributed by atoms with Crippen LogP contribution in [0, 0.1) is 11.8 Å². The topological polar surface area (TPSA) is 109 Å². The Labute approximate surface area is 205 Å². The third-order valence-electron chi connectivity index (χ3n) is 6.45. The van der Waals surface area contributed by atoms with Gasteiger partial charge < -0.3 is 29.0 Å². The summed E-state index contributed by atoms with van der Waals surface area (Å²) in [6.07, 6.45) is 1.08. The Morgan fingerprint density at radius 2 is 1.66 bits per heavy atom. The highest BCUT2D eigenvalue weighted by Gasteiger charge is 2.48. The molecule has 0 saturated heterocycles. The van der Waals surface area contributed by atoms with Crippen molar-refractivity contribution in [1.82, 2.24) is 5.32 Å². The molecule has 0 spiro atoms. The van der Waals surface area contributed by atoms with E-state index in [-0.39, 0.29) is 18.1 Å². The van der Waals surface area contributed by atoms with E-state index in [2.05, 4.69) is 5.32 Å². The lowest BCUT2D eigenvalue weighted by Crippen LogP contribution is -2.43. The molecule has 0 radical (unpaired) electrons. The van der Waals surface area contributed by atoms with Gasteiger partial charge in [0.15, 0.2) is 17.3 Å². The van der Waals surface area contributed by atoms with Crippen LogP contribution in [0.25, 0.3) is 0 Å². The molecule has 1 aliphatic carbocycles. The normalized spacial score (nSPS) is 21.7. The molecule has 1 N–H and O–H groups in total. The molecule has 3 atom stereocenters. The standard InChI is InChI=1S/C26H33NO8/c1-8-9-35-26(30)21-14(3)27-16-10-13(2)20(25(29)34-7)24(28)23(16)22(21)15-11-18(32-5)19(33-6)12-17(15)31-4/h11-13,20,22,27H,8-10H2,1-7H3/t13-,20+,22-/m1/s1. The lowest BCUT2D eigenvalue weighted by molar-refractivity contribution is -0.151. The molecular weight excluding hydrogens is 454 g/mol. The molecule has 0 bridgehead atoms. The third-order valence-corrected chi connectivity index (χ3v) is 6.45. The average Bonchev–Trinajstić information content (AvgIpc) is 2.85. The Morgan fingerprint density at radius 1 is 1.03 bits per heavy atom. The molecule has 0 aromatic heterocycles. The molecule has 0 saturated carbocycles. The van der Waals surface area contributed by atoms with Gasteiger partial charge in [0, 0.05) is 28.6 Å². The number of benzene rings is 1. The summed E-state index contributed by atoms with van der Waals surface area (Å²) in [6.45, 7) is 5.73. The van der Waals surface area contributed by atoms with Crippen molar-refractivity contribution in [2.24, 2.45) is 11.8 Å². The molecule has 1 heterocycles. The maximum absolute atomic E-state index is 13.9. The van der Waals surface area contributed by atoms with Crippen molar-refractivity contribution in [2.75, 3.05) is 35.0 Å². The maximum Gasteiger partial charge on any atom is 0.336 e. The zero-order valence-corrected chi connectivity index (χ0v) is 21.3. The molecule has 2 aliphatic rings. The van der Waals surface area contributed by atoms with E-state index in [0.29, 0.717) is 52.6 Å². The van der Waals surface area contributed by atoms with Gasteiger partial charge in [-0.2, -0.15) is 0 Å². The SMILES string of the molecule is CCCOC(=O)C1=C(C)NC2=C(C(=O)[C@@H](C(=O)OC)[C@H](C)C2)[C@@H]1c1cc(OC)c(OC)cc1OC. The molecule has 3 rings (SSSR count). The summed E-state index contributed by atoms with van der Waals surface area (Å²) in [4.78, 5) is 39.7. The Kier molecular flexibility index (Phi) is 8.09. The van der Waals surface area contributed by atoms with Crippen LogP contribution in [0.5, 0.6) is 17.2 Å². The molecule has 1 aromatic carbocycles. The van der Waals surface area contributed by atoms with Gasteiger partial charge in [-0.25, -0.2) is 4.79 Å². The number of ether oxygens (including phenoxy) is 5. The van der Waals surface area contributed by atoms with Gasteiger partial charge in [0.2, 0.25) is 0 Å². The zero-order chi connectivity index (χ0) is 25.9. The van der Waals surface area contributed by atoms with Gasteiger partial charge in [-0.1, -0.05) is 13.8 Å². The summed E-state index contributed by atoms with van der Waals surface area (Å²) >= 11 is 0. The number of carbonyl (C=O) groups is 3. The molecule has 0 unspecified atom stereocenters. The summed E-state index contributed by atoms with van der Waals surface area (Å²) in [6, 6.07) is 3.34. The highest BCUT2D eigenvalue weighted by atomic mass is 16.5. The molecule has 35 heavy (non-hydrogen) atoms. The molecule has 0 fully saturated rings. The highest BCUT2D eigenvalue weighted by molar-refractivity contribution is 6.12. The van der Waals surface area contributed by atoms with E-state index in [0.717, 1.165) is 0 Å². The van der Waals surface area contributed by atoms with Gasteiger partial charge in [-0.15, -0.1) is 0 Å². The predicted molar refractivity (Wildman–Crippen MR) is 127 cm³/mol. The van der Waals surface area contributed by atoms with E-state index in [9.17, 15) is 14.4 Å². The summed E-state index contributed by atoms with van der Waals surface area (Å²) < 4.78 is 27.0. The van der Waals surface area contributed by atoms with Gasteiger partial charge in [-0.3, -0.25) is 9.59 Å². The first-order valence-electron chi connectivity index (χ1n) is 11.5. The maximum atomic E-state index is 13.9. The molecule has 9 nitrogen and oxygen atoms in total. The van der Waals surface area contributed by atoms with E-state index < -0.39 is 29.6 Å². The number of allylic oxidation sites excluding steroid dienone is 3. The van der Waals surface area contributed by atoms with Gasteiger partial charge in [0.25, 0.3) is 0 Å². The summed E-state index contributed by atoms with van der Waals surface area (Å²) in [7, 11) is 5.76. The van der Waals surface area contributed by atoms with Gasteiger partial charge >= 0.3 is 11.9 Å². The fraction of sp³-hybridized carbons (Fsp3) is 0.500. The Hall–Kier alpha value is -3.49. The number of Topliss-reactive ketones (excluding diaryl/α,β-unsaturated/α-hetero) is 1. The molecular formula is C26H33NO8. The number of hydrogen-bond acceptors (Lipinski definition) is 9. The van der Waals surface area contributed by atoms with Crippen molar-refractivity contribution in [3.63, 3.8) is 0 Å². The second-order valence-electron chi connectivity index (χ2n) is 8.62. The first kappa shape index (κ1) is 26.1. The molecule has 0 amide bonds. The highest BCUT2D eigenvalue weighted by Crippen LogP contribution is 2.49. The minimum atomic E-state index is -0.986. The van der Waals surface area contributed by atoms with Crippen LogP contribution in [-0.2, 0) is 23.9 Å². The number of hydrogen-bond donors (Lipinski definition) is 1. The van der Waals surface area contributed by atoms with Gasteiger partial charge in [0.1, 0.15) is 11.7 Å². The van der Waals surface area contributed by atoms with Crippen molar-refractivity contribution in [1.29, 1.82) is 0 Å². The number of esters is 2. The van der Waals surface area contributed by atoms with Crippen LogP contribution >= 0.6 is 0 Å². The number of nitrogens with one attached hydrogen (secondary N) is 1. The Balaban J connectivity index is 2.30. The summed E-state index contributed by atoms with van der Waals surface area (Å²) in [5.41, 5.74) is 2.35. The molecule has 1 aromatic rings. The monoisotopic (exact) mass is 487 g/mol. The van der Waals surface area contributed by atoms with Crippen LogP contribution in [0.1, 0.15) is 45.1 Å². The van der Waals surface area contributed by atoms with Gasteiger partial charge in [-0.05, 0) is 31.7 Å². The van der Waals surface area contributed by atoms with Crippen molar-refractivity contribution < 1.29 is 38.1 Å². The van der Waals surface area contributed by atoms with E-state index in [1.165, 1.54) is 28.4 Å². The van der Waals surface area contributed by atoms with Crippen LogP contribution in [-0.4, -0.2) is 52.8 Å². The summed E-state index contributed by atoms with van der Waals surface area (Å²) in [5, 5.41) is 3.24. The second-order valence-corrected chi connectivity index (χ2v) is 8.62. The number of rotatable bonds is 8. The molecule has 1 aliphatic heterocycles. The van der Waals surface area contributed by atoms with Crippen molar-refractivity contribution in [3.8, 4) is 17.2 Å². The largest absolute Gasteiger partial charge is 0.496 e. The third kappa shape index (κ3) is 4.72. The fourth-order valence-electron chi connectivity index (χ4n) is 4.81. The van der Waals surface area contributed by atoms with E-state index in [4.69, 9.17) is 23.7 Å². The Morgan fingerprint density at radius 3 is 2.23 bits per heavy atom. The number of ketones is 1. The van der Waals surface area contributed by atoms with Crippen LogP contribution < -0.4 is 19.5 Å². The van der Waals surface area contributed by atoms with Crippen LogP contribution in [0.15, 0.2) is 34.7 Å². The van der Waals surface area contributed by atoms with Crippen LogP contribution in [0.3, 0.4) is 0 Å². The lowest BCUT2D eigenvalue weighted by Gasteiger charge is -2.38. The molecule has 190 valence electrons. The quantitative estimate of drug-likeness (QED) is 0.436. The number of methoxy groups -OCH3 is 4. The summed E-state index contributed by atoms with van der Waals surface area (Å²) in [5.74, 6) is -2.43. The number of dihydropyridines is 1. The van der Waals surface area contributed by atoms with E-state index >= 15 is 0 Å². The minimum absolute atomic E-state index is 0.229. The van der Waals surface area contributed by atoms with Crippen molar-refractivity contribution >= 4 is 17.7 Å². The Bertz CT molecular complexity index is 1090. The smallest absolute Gasteiger partial charge is 0.336 e. The van der Waals surface area contributed by atoms with Crippen LogP contribution in [0.4, 0.5) is 0 Å². The fourth-order valence-corrected chi connectivity index (χ4v) is 4.81. The number of carbonyl (C=O) groups excluding carboxylic acids is 3. The second kappa shape index (κ2) is 10.8. The van der Waals surface area contributed by atoms with Gasteiger partial charge in [0.05, 0.1) is 46.5 Å². The first-order chi connectivity index (χ1) is 16.7. The zero-order valence-electron chi connectivity index (χ0n) is 21.3. The van der Waals surface area contributed by atoms with Crippen molar-refractivity contribution in [2.45, 2.75) is 39.5 Å². The van der Waals surface area contributed by atoms with Crippen LogP contribution in [0.2, 0.25) is 0 Å². The van der Waals surface area contributed by atoms with E-state index in [1.807, 2.05) is 13.8 Å². The first-order valence-corrected chi connectivity index (χ1v) is 11.5. The lowest BCUT2D eigenvalue weighted by atomic mass is 9.69. The predicted octanol–water partition coefficient (Wildman–Crippen LogP) is 3.28. The van der Waals surface area contributed by atoms with E-state index in [1.54, 1.807) is 19.1 Å². The molecule has 9 heteroatoms.